The molecular formula is C21H25N5O. The van der Waals surface area contributed by atoms with Crippen LogP contribution in [0.25, 0.3) is 21.8 Å². The molecule has 2 saturated heterocycles. The van der Waals surface area contributed by atoms with Gasteiger partial charge in [-0.1, -0.05) is 18.2 Å². The highest BCUT2D eigenvalue weighted by Gasteiger charge is 2.41. The predicted octanol–water partition coefficient (Wildman–Crippen LogP) is 2.93. The zero-order valence-electron chi connectivity index (χ0n) is 15.4. The van der Waals surface area contributed by atoms with Gasteiger partial charge in [-0.3, -0.25) is 4.79 Å². The van der Waals surface area contributed by atoms with E-state index in [0.29, 0.717) is 5.56 Å². The van der Waals surface area contributed by atoms with Gasteiger partial charge in [-0.15, -0.1) is 0 Å². The molecule has 3 aromatic rings. The molecule has 4 N–H and O–H groups in total. The van der Waals surface area contributed by atoms with Gasteiger partial charge in [0, 0.05) is 30.2 Å². The van der Waals surface area contributed by atoms with E-state index in [1.165, 1.54) is 32.1 Å². The topological polar surface area (TPSA) is 87.0 Å². The molecule has 6 heteroatoms. The molecule has 2 aromatic heterocycles. The number of benzene rings is 1. The number of anilines is 1. The molecule has 4 heterocycles. The van der Waals surface area contributed by atoms with Gasteiger partial charge in [-0.05, 0) is 44.7 Å². The number of nitrogens with one attached hydrogen (secondary N) is 2. The lowest BCUT2D eigenvalue weighted by Crippen LogP contribution is -2.60. The summed E-state index contributed by atoms with van der Waals surface area (Å²) in [6.07, 6.45) is 7.63. The Bertz CT molecular complexity index is 1010. The first kappa shape index (κ1) is 16.6. The number of primary amides is 1. The normalized spacial score (nSPS) is 23.3. The van der Waals surface area contributed by atoms with Crippen molar-refractivity contribution in [1.82, 2.24) is 15.3 Å². The summed E-state index contributed by atoms with van der Waals surface area (Å²) in [5, 5.41) is 5.72. The number of piperidine rings is 2. The van der Waals surface area contributed by atoms with E-state index in [9.17, 15) is 4.79 Å². The van der Waals surface area contributed by atoms with Crippen LogP contribution in [0.4, 0.5) is 5.82 Å². The molecule has 0 aliphatic carbocycles. The smallest absolute Gasteiger partial charge is 0.252 e. The van der Waals surface area contributed by atoms with Gasteiger partial charge in [-0.25, -0.2) is 4.98 Å². The number of hydrogen-bond donors (Lipinski definition) is 3. The summed E-state index contributed by atoms with van der Waals surface area (Å²) < 4.78 is 0. The van der Waals surface area contributed by atoms with Gasteiger partial charge in [0.15, 0.2) is 0 Å². The number of carbonyl (C=O) groups is 1. The summed E-state index contributed by atoms with van der Waals surface area (Å²) in [7, 11) is 0. The number of para-hydroxylation sites is 1. The molecule has 6 nitrogen and oxygen atoms in total. The van der Waals surface area contributed by atoms with Crippen molar-refractivity contribution in [1.29, 1.82) is 0 Å². The zero-order chi connectivity index (χ0) is 18.4. The van der Waals surface area contributed by atoms with E-state index in [0.717, 1.165) is 47.3 Å². The molecule has 140 valence electrons. The minimum Gasteiger partial charge on any atom is -0.365 e. The Morgan fingerprint density at radius 1 is 1.19 bits per heavy atom. The van der Waals surface area contributed by atoms with Gasteiger partial charge in [0.25, 0.3) is 5.91 Å². The maximum Gasteiger partial charge on any atom is 0.252 e. The first-order chi connectivity index (χ1) is 13.2. The van der Waals surface area contributed by atoms with Gasteiger partial charge in [0.05, 0.1) is 22.0 Å². The molecule has 1 aromatic carbocycles. The first-order valence-electron chi connectivity index (χ1n) is 9.87. The lowest BCUT2D eigenvalue weighted by Gasteiger charge is -2.50. The third kappa shape index (κ3) is 2.51. The maximum atomic E-state index is 12.0. The van der Waals surface area contributed by atoms with E-state index in [2.05, 4.69) is 21.3 Å². The summed E-state index contributed by atoms with van der Waals surface area (Å²) in [6.45, 7) is 3.08. The SMILES string of the molecule is NC(=O)c1cnc(N2CCCCC23CCCNC3)c2c1[nH]c1ccccc12. The van der Waals surface area contributed by atoms with Crippen molar-refractivity contribution in [2.24, 2.45) is 5.73 Å². The van der Waals surface area contributed by atoms with Gasteiger partial charge in [0.1, 0.15) is 5.82 Å². The number of carbonyl (C=O) groups excluding carboxylic acids is 1. The molecule has 0 radical (unpaired) electrons. The van der Waals surface area contributed by atoms with Crippen molar-refractivity contribution in [3.63, 3.8) is 0 Å². The molecule has 2 fully saturated rings. The van der Waals surface area contributed by atoms with Crippen LogP contribution in [0.5, 0.6) is 0 Å². The van der Waals surface area contributed by atoms with Gasteiger partial charge in [-0.2, -0.15) is 0 Å². The monoisotopic (exact) mass is 363 g/mol. The van der Waals surface area contributed by atoms with Crippen molar-refractivity contribution in [2.75, 3.05) is 24.5 Å². The Morgan fingerprint density at radius 2 is 2.04 bits per heavy atom. The largest absolute Gasteiger partial charge is 0.365 e. The van der Waals surface area contributed by atoms with Crippen LogP contribution < -0.4 is 16.0 Å². The highest BCUT2D eigenvalue weighted by molar-refractivity contribution is 6.18. The summed E-state index contributed by atoms with van der Waals surface area (Å²) in [4.78, 5) is 22.7. The summed E-state index contributed by atoms with van der Waals surface area (Å²) >= 11 is 0. The number of hydrogen-bond acceptors (Lipinski definition) is 4. The lowest BCUT2D eigenvalue weighted by atomic mass is 9.80. The minimum atomic E-state index is -0.446. The third-order valence-electron chi connectivity index (χ3n) is 6.33. The van der Waals surface area contributed by atoms with E-state index < -0.39 is 5.91 Å². The van der Waals surface area contributed by atoms with Crippen molar-refractivity contribution in [3.05, 3.63) is 36.0 Å². The Hall–Kier alpha value is -2.60. The molecule has 1 spiro atoms. The fourth-order valence-corrected chi connectivity index (χ4v) is 5.04. The molecule has 0 saturated carbocycles. The van der Waals surface area contributed by atoms with Crippen LogP contribution in [0.3, 0.4) is 0 Å². The Balaban J connectivity index is 1.77. The quantitative estimate of drug-likeness (QED) is 0.653. The number of aromatic amines is 1. The van der Waals surface area contributed by atoms with Crippen LogP contribution >= 0.6 is 0 Å². The summed E-state index contributed by atoms with van der Waals surface area (Å²) in [5.74, 6) is 0.536. The van der Waals surface area contributed by atoms with E-state index in [-0.39, 0.29) is 5.54 Å². The molecule has 1 unspecified atom stereocenters. The number of pyridine rings is 1. The number of aromatic nitrogens is 2. The minimum absolute atomic E-state index is 0.114. The second-order valence-corrected chi connectivity index (χ2v) is 7.89. The Labute approximate surface area is 158 Å². The second-order valence-electron chi connectivity index (χ2n) is 7.89. The number of nitrogens with two attached hydrogens (primary N) is 1. The average Bonchev–Trinajstić information content (AvgIpc) is 3.08. The average molecular weight is 363 g/mol. The number of fused-ring (bicyclic) bond motifs is 3. The first-order valence-corrected chi connectivity index (χ1v) is 9.87. The highest BCUT2D eigenvalue weighted by atomic mass is 16.1. The van der Waals surface area contributed by atoms with Gasteiger partial charge < -0.3 is 20.9 Å². The van der Waals surface area contributed by atoms with Crippen molar-refractivity contribution < 1.29 is 4.79 Å². The molecule has 27 heavy (non-hydrogen) atoms. The van der Waals surface area contributed by atoms with Crippen molar-refractivity contribution >= 4 is 33.5 Å². The number of rotatable bonds is 2. The molecule has 2 aliphatic heterocycles. The summed E-state index contributed by atoms with van der Waals surface area (Å²) in [6, 6.07) is 8.17. The molecule has 1 amide bonds. The molecule has 1 atom stereocenters. The van der Waals surface area contributed by atoms with Gasteiger partial charge >= 0.3 is 0 Å². The fraction of sp³-hybridized carbons (Fsp3) is 0.429. The molecular weight excluding hydrogens is 338 g/mol. The number of H-pyrrole nitrogens is 1. The van der Waals surface area contributed by atoms with Crippen molar-refractivity contribution in [3.8, 4) is 0 Å². The molecule has 2 aliphatic rings. The second kappa shape index (κ2) is 6.23. The number of nitrogens with zero attached hydrogens (tertiary/aromatic N) is 2. The van der Waals surface area contributed by atoms with Crippen molar-refractivity contribution in [2.45, 2.75) is 37.6 Å². The highest BCUT2D eigenvalue weighted by Crippen LogP contribution is 2.41. The van der Waals surface area contributed by atoms with Crippen LogP contribution in [-0.4, -0.2) is 41.0 Å². The van der Waals surface area contributed by atoms with Crippen LogP contribution in [-0.2, 0) is 0 Å². The molecule has 0 bridgehead atoms. The number of amides is 1. The predicted molar refractivity (Wildman–Crippen MR) is 108 cm³/mol. The molecule has 5 rings (SSSR count). The van der Waals surface area contributed by atoms with Crippen LogP contribution in [0, 0.1) is 0 Å². The zero-order valence-corrected chi connectivity index (χ0v) is 15.4. The summed E-state index contributed by atoms with van der Waals surface area (Å²) in [5.41, 5.74) is 8.03. The van der Waals surface area contributed by atoms with Gasteiger partial charge in [0.2, 0.25) is 0 Å². The fourth-order valence-electron chi connectivity index (χ4n) is 5.04. The van der Waals surface area contributed by atoms with Crippen LogP contribution in [0.2, 0.25) is 0 Å². The Morgan fingerprint density at radius 3 is 2.85 bits per heavy atom. The van der Waals surface area contributed by atoms with E-state index in [1.54, 1.807) is 6.20 Å². The van der Waals surface area contributed by atoms with E-state index in [1.807, 2.05) is 18.2 Å². The lowest BCUT2D eigenvalue weighted by molar-refractivity contribution is 0.100. The van der Waals surface area contributed by atoms with E-state index in [4.69, 9.17) is 10.7 Å². The van der Waals surface area contributed by atoms with E-state index >= 15 is 0 Å². The van der Waals surface area contributed by atoms with Crippen LogP contribution in [0.15, 0.2) is 30.5 Å². The standard InChI is InChI=1S/C21H25N5O/c22-19(27)15-12-24-20(17-14-6-1-2-7-16(14)25-18(15)17)26-11-4-3-8-21(26)9-5-10-23-13-21/h1-2,6-7,12,23,25H,3-5,8-11,13H2,(H2,22,27). The maximum absolute atomic E-state index is 12.0. The Kier molecular flexibility index (Phi) is 3.82. The third-order valence-corrected chi connectivity index (χ3v) is 6.33. The van der Waals surface area contributed by atoms with Crippen LogP contribution in [0.1, 0.15) is 42.5 Å².